The molecule has 0 aliphatic carbocycles. The number of amides is 1. The molecule has 1 unspecified atom stereocenters. The van der Waals surface area contributed by atoms with Gasteiger partial charge in [0.25, 0.3) is 5.91 Å². The average molecular weight is 292 g/mol. The first-order valence-electron chi connectivity index (χ1n) is 6.77. The molecule has 1 fully saturated rings. The van der Waals surface area contributed by atoms with Crippen molar-refractivity contribution in [1.82, 2.24) is 10.2 Å². The molecule has 20 heavy (non-hydrogen) atoms. The number of halogens is 1. The van der Waals surface area contributed by atoms with Gasteiger partial charge in [0.2, 0.25) is 0 Å². The molecular formula is C15H17FN2OS. The molecule has 106 valence electrons. The van der Waals surface area contributed by atoms with Gasteiger partial charge >= 0.3 is 0 Å². The molecule has 0 spiro atoms. The highest BCUT2D eigenvalue weighted by molar-refractivity contribution is 7.21. The van der Waals surface area contributed by atoms with Crippen LogP contribution in [0.15, 0.2) is 18.2 Å². The summed E-state index contributed by atoms with van der Waals surface area (Å²) in [5, 5.41) is 4.18. The van der Waals surface area contributed by atoms with Crippen LogP contribution in [0.4, 0.5) is 4.39 Å². The first kappa shape index (κ1) is 13.5. The van der Waals surface area contributed by atoms with Crippen molar-refractivity contribution in [3.63, 3.8) is 0 Å². The zero-order valence-electron chi connectivity index (χ0n) is 11.6. The van der Waals surface area contributed by atoms with E-state index >= 15 is 0 Å². The lowest BCUT2D eigenvalue weighted by Gasteiger charge is -2.31. The number of piperazine rings is 1. The lowest BCUT2D eigenvalue weighted by molar-refractivity contribution is 0.0713. The number of benzene rings is 1. The van der Waals surface area contributed by atoms with Gasteiger partial charge in [0.1, 0.15) is 5.82 Å². The lowest BCUT2D eigenvalue weighted by Crippen LogP contribution is -2.51. The Morgan fingerprint density at radius 3 is 3.05 bits per heavy atom. The predicted octanol–water partition coefficient (Wildman–Crippen LogP) is 2.78. The van der Waals surface area contributed by atoms with Crippen molar-refractivity contribution >= 4 is 27.3 Å². The highest BCUT2D eigenvalue weighted by atomic mass is 32.1. The van der Waals surface area contributed by atoms with Crippen LogP contribution in [0.3, 0.4) is 0 Å². The maximum Gasteiger partial charge on any atom is 0.264 e. The minimum absolute atomic E-state index is 0.0671. The molecule has 1 aliphatic heterocycles. The molecule has 0 radical (unpaired) electrons. The maximum absolute atomic E-state index is 13.3. The summed E-state index contributed by atoms with van der Waals surface area (Å²) in [4.78, 5) is 15.3. The molecular weight excluding hydrogens is 275 g/mol. The third-order valence-corrected chi connectivity index (χ3v) is 5.01. The SMILES string of the molecule is Cc1c(C(=O)N2CCNC(C)C2)sc2ccc(F)cc12. The Kier molecular flexibility index (Phi) is 3.48. The second-order valence-electron chi connectivity index (χ2n) is 5.30. The Morgan fingerprint density at radius 1 is 1.50 bits per heavy atom. The second-order valence-corrected chi connectivity index (χ2v) is 6.36. The normalized spacial score (nSPS) is 19.6. The van der Waals surface area contributed by atoms with Gasteiger partial charge in [-0.05, 0) is 43.0 Å². The quantitative estimate of drug-likeness (QED) is 0.876. The average Bonchev–Trinajstić information content (AvgIpc) is 2.75. The summed E-state index contributed by atoms with van der Waals surface area (Å²) < 4.78 is 14.3. The van der Waals surface area contributed by atoms with Crippen LogP contribution in [0, 0.1) is 12.7 Å². The summed E-state index contributed by atoms with van der Waals surface area (Å²) in [6.07, 6.45) is 0. The van der Waals surface area contributed by atoms with E-state index < -0.39 is 0 Å². The minimum atomic E-state index is -0.256. The van der Waals surface area contributed by atoms with Crippen molar-refractivity contribution in [2.45, 2.75) is 19.9 Å². The van der Waals surface area contributed by atoms with E-state index in [9.17, 15) is 9.18 Å². The van der Waals surface area contributed by atoms with Gasteiger partial charge in [-0.25, -0.2) is 4.39 Å². The molecule has 3 rings (SSSR count). The molecule has 1 amide bonds. The number of rotatable bonds is 1. The number of aryl methyl sites for hydroxylation is 1. The molecule has 0 saturated carbocycles. The van der Waals surface area contributed by atoms with Crippen LogP contribution in [0.5, 0.6) is 0 Å². The van der Waals surface area contributed by atoms with Gasteiger partial charge in [-0.3, -0.25) is 4.79 Å². The van der Waals surface area contributed by atoms with E-state index in [1.165, 1.54) is 23.5 Å². The third-order valence-electron chi connectivity index (χ3n) is 3.75. The molecule has 0 bridgehead atoms. The molecule has 2 heterocycles. The van der Waals surface area contributed by atoms with Crippen LogP contribution in [0.2, 0.25) is 0 Å². The van der Waals surface area contributed by atoms with Crippen LogP contribution < -0.4 is 5.32 Å². The van der Waals surface area contributed by atoms with Crippen molar-refractivity contribution in [3.05, 3.63) is 34.5 Å². The van der Waals surface area contributed by atoms with E-state index in [0.717, 1.165) is 40.2 Å². The number of fused-ring (bicyclic) bond motifs is 1. The van der Waals surface area contributed by atoms with Crippen LogP contribution in [-0.4, -0.2) is 36.5 Å². The summed E-state index contributed by atoms with van der Waals surface area (Å²) in [6, 6.07) is 5.02. The van der Waals surface area contributed by atoms with Gasteiger partial charge in [0, 0.05) is 30.4 Å². The molecule has 5 heteroatoms. The largest absolute Gasteiger partial charge is 0.335 e. The number of nitrogens with one attached hydrogen (secondary N) is 1. The van der Waals surface area contributed by atoms with Crippen molar-refractivity contribution in [1.29, 1.82) is 0 Å². The molecule has 2 aromatic rings. The third kappa shape index (κ3) is 2.31. The van der Waals surface area contributed by atoms with Crippen LogP contribution in [-0.2, 0) is 0 Å². The summed E-state index contributed by atoms with van der Waals surface area (Å²) in [5.74, 6) is -0.189. The van der Waals surface area contributed by atoms with E-state index in [2.05, 4.69) is 12.2 Å². The van der Waals surface area contributed by atoms with Gasteiger partial charge in [0.05, 0.1) is 4.88 Å². The number of hydrogen-bond acceptors (Lipinski definition) is 3. The Labute approximate surface area is 121 Å². The van der Waals surface area contributed by atoms with Crippen molar-refractivity contribution < 1.29 is 9.18 Å². The molecule has 1 aliphatic rings. The van der Waals surface area contributed by atoms with E-state index in [1.807, 2.05) is 11.8 Å². The standard InChI is InChI=1S/C15H17FN2OS/c1-9-8-18(6-5-17-9)15(19)14-10(2)12-7-11(16)3-4-13(12)20-14/h3-4,7,9,17H,5-6,8H2,1-2H3. The molecule has 3 nitrogen and oxygen atoms in total. The summed E-state index contributed by atoms with van der Waals surface area (Å²) in [7, 11) is 0. The monoisotopic (exact) mass is 292 g/mol. The zero-order chi connectivity index (χ0) is 14.3. The van der Waals surface area contributed by atoms with Crippen molar-refractivity contribution in [2.24, 2.45) is 0 Å². The van der Waals surface area contributed by atoms with E-state index in [1.54, 1.807) is 6.07 Å². The Morgan fingerprint density at radius 2 is 2.30 bits per heavy atom. The molecule has 1 aromatic carbocycles. The molecule has 1 N–H and O–H groups in total. The Balaban J connectivity index is 1.97. The van der Waals surface area contributed by atoms with Crippen LogP contribution in [0.25, 0.3) is 10.1 Å². The smallest absolute Gasteiger partial charge is 0.264 e. The van der Waals surface area contributed by atoms with Gasteiger partial charge in [-0.2, -0.15) is 0 Å². The highest BCUT2D eigenvalue weighted by Gasteiger charge is 2.25. The fourth-order valence-electron chi connectivity index (χ4n) is 2.66. The summed E-state index contributed by atoms with van der Waals surface area (Å²) in [6.45, 7) is 6.25. The number of carbonyl (C=O) groups excluding carboxylic acids is 1. The summed E-state index contributed by atoms with van der Waals surface area (Å²) in [5.41, 5.74) is 0.890. The number of thiophene rings is 1. The van der Waals surface area contributed by atoms with Gasteiger partial charge in [0.15, 0.2) is 0 Å². The van der Waals surface area contributed by atoms with Crippen molar-refractivity contribution in [3.8, 4) is 0 Å². The minimum Gasteiger partial charge on any atom is -0.335 e. The van der Waals surface area contributed by atoms with Gasteiger partial charge < -0.3 is 10.2 Å². The van der Waals surface area contributed by atoms with Crippen molar-refractivity contribution in [2.75, 3.05) is 19.6 Å². The van der Waals surface area contributed by atoms with E-state index in [4.69, 9.17) is 0 Å². The molecule has 1 saturated heterocycles. The lowest BCUT2D eigenvalue weighted by atomic mass is 10.1. The first-order chi connectivity index (χ1) is 9.56. The van der Waals surface area contributed by atoms with E-state index in [-0.39, 0.29) is 11.7 Å². The zero-order valence-corrected chi connectivity index (χ0v) is 12.4. The molecule has 1 atom stereocenters. The van der Waals surface area contributed by atoms with E-state index in [0.29, 0.717) is 6.04 Å². The number of nitrogens with zero attached hydrogens (tertiary/aromatic N) is 1. The van der Waals surface area contributed by atoms with Gasteiger partial charge in [-0.15, -0.1) is 11.3 Å². The van der Waals surface area contributed by atoms with Gasteiger partial charge in [-0.1, -0.05) is 0 Å². The maximum atomic E-state index is 13.3. The van der Waals surface area contributed by atoms with Crippen LogP contribution >= 0.6 is 11.3 Å². The second kappa shape index (κ2) is 5.14. The molecule has 1 aromatic heterocycles. The fourth-order valence-corrected chi connectivity index (χ4v) is 3.81. The summed E-state index contributed by atoms with van der Waals surface area (Å²) >= 11 is 1.46. The number of hydrogen-bond donors (Lipinski definition) is 1. The Hall–Kier alpha value is -1.46. The predicted molar refractivity (Wildman–Crippen MR) is 79.9 cm³/mol. The Bertz CT molecular complexity index is 667. The number of carbonyl (C=O) groups is 1. The highest BCUT2D eigenvalue weighted by Crippen LogP contribution is 2.32. The van der Waals surface area contributed by atoms with Crippen LogP contribution in [0.1, 0.15) is 22.2 Å². The topological polar surface area (TPSA) is 32.3 Å². The first-order valence-corrected chi connectivity index (χ1v) is 7.59. The fraction of sp³-hybridized carbons (Fsp3) is 0.400.